The fourth-order valence-corrected chi connectivity index (χ4v) is 3.73. The summed E-state index contributed by atoms with van der Waals surface area (Å²) >= 11 is 0. The second-order valence-corrected chi connectivity index (χ2v) is 6.41. The summed E-state index contributed by atoms with van der Waals surface area (Å²) in [5.74, 6) is -0.100. The molecule has 0 spiro atoms. The molecule has 1 saturated carbocycles. The van der Waals surface area contributed by atoms with Gasteiger partial charge < -0.3 is 5.32 Å². The van der Waals surface area contributed by atoms with Crippen LogP contribution >= 0.6 is 0 Å². The van der Waals surface area contributed by atoms with Crippen molar-refractivity contribution < 1.29 is 9.59 Å². The van der Waals surface area contributed by atoms with E-state index < -0.39 is 0 Å². The van der Waals surface area contributed by atoms with Gasteiger partial charge in [0, 0.05) is 28.4 Å². The first-order valence-corrected chi connectivity index (χ1v) is 8.33. The van der Waals surface area contributed by atoms with Gasteiger partial charge >= 0.3 is 0 Å². The van der Waals surface area contributed by atoms with Crippen molar-refractivity contribution in [3.05, 3.63) is 64.7 Å². The highest BCUT2D eigenvalue weighted by Gasteiger charge is 2.31. The highest BCUT2D eigenvalue weighted by atomic mass is 16.1. The van der Waals surface area contributed by atoms with Crippen LogP contribution in [0.2, 0.25) is 0 Å². The van der Waals surface area contributed by atoms with Crippen LogP contribution in [0.15, 0.2) is 42.5 Å². The van der Waals surface area contributed by atoms with E-state index in [1.807, 2.05) is 18.2 Å². The molecule has 0 radical (unpaired) electrons. The highest BCUT2D eigenvalue weighted by molar-refractivity contribution is 6.30. The Hall–Kier alpha value is -2.42. The van der Waals surface area contributed by atoms with Crippen LogP contribution in [0.5, 0.6) is 0 Å². The molecule has 0 heterocycles. The Morgan fingerprint density at radius 2 is 1.39 bits per heavy atom. The van der Waals surface area contributed by atoms with Crippen LogP contribution in [0, 0.1) is 0 Å². The lowest BCUT2D eigenvalue weighted by atomic mass is 9.83. The third-order valence-corrected chi connectivity index (χ3v) is 4.92. The molecule has 2 aromatic carbocycles. The van der Waals surface area contributed by atoms with Crippen molar-refractivity contribution in [1.82, 2.24) is 0 Å². The standard InChI is InChI=1S/C20H19NO2/c22-19-14-9-4-5-10-15(14)20(23)18-16(19)11-6-12-17(18)21-13-7-2-1-3-8-13/h4-6,9-13,21H,1-3,7-8H2. The highest BCUT2D eigenvalue weighted by Crippen LogP contribution is 2.33. The molecule has 116 valence electrons. The number of hydrogen-bond donors (Lipinski definition) is 1. The van der Waals surface area contributed by atoms with Crippen molar-refractivity contribution in [2.24, 2.45) is 0 Å². The van der Waals surface area contributed by atoms with Gasteiger partial charge in [0.05, 0.1) is 5.56 Å². The molecule has 2 aliphatic rings. The van der Waals surface area contributed by atoms with E-state index in [-0.39, 0.29) is 11.6 Å². The summed E-state index contributed by atoms with van der Waals surface area (Å²) in [5, 5.41) is 3.52. The molecule has 0 saturated heterocycles. The monoisotopic (exact) mass is 305 g/mol. The molecule has 1 N–H and O–H groups in total. The minimum atomic E-state index is -0.0532. The van der Waals surface area contributed by atoms with Crippen LogP contribution in [-0.2, 0) is 0 Å². The topological polar surface area (TPSA) is 46.2 Å². The van der Waals surface area contributed by atoms with Crippen LogP contribution in [0.25, 0.3) is 0 Å². The number of fused-ring (bicyclic) bond motifs is 2. The molecule has 3 nitrogen and oxygen atoms in total. The summed E-state index contributed by atoms with van der Waals surface area (Å²) in [6.45, 7) is 0. The maximum absolute atomic E-state index is 12.9. The Labute approximate surface area is 135 Å². The van der Waals surface area contributed by atoms with Crippen molar-refractivity contribution in [2.75, 3.05) is 5.32 Å². The maximum Gasteiger partial charge on any atom is 0.196 e. The number of benzene rings is 2. The van der Waals surface area contributed by atoms with Gasteiger partial charge in [-0.05, 0) is 18.9 Å². The molecule has 3 heteroatoms. The van der Waals surface area contributed by atoms with Crippen LogP contribution in [0.3, 0.4) is 0 Å². The lowest BCUT2D eigenvalue weighted by molar-refractivity contribution is 0.0979. The van der Waals surface area contributed by atoms with Crippen molar-refractivity contribution in [3.63, 3.8) is 0 Å². The number of hydrogen-bond acceptors (Lipinski definition) is 3. The maximum atomic E-state index is 12.9. The van der Waals surface area contributed by atoms with Gasteiger partial charge in [-0.2, -0.15) is 0 Å². The molecule has 0 aliphatic heterocycles. The number of carbonyl (C=O) groups excluding carboxylic acids is 2. The van der Waals surface area contributed by atoms with Crippen molar-refractivity contribution in [3.8, 4) is 0 Å². The minimum Gasteiger partial charge on any atom is -0.382 e. The van der Waals surface area contributed by atoms with E-state index in [1.54, 1.807) is 24.3 Å². The zero-order valence-corrected chi connectivity index (χ0v) is 13.0. The van der Waals surface area contributed by atoms with Gasteiger partial charge in [0.15, 0.2) is 11.6 Å². The average molecular weight is 305 g/mol. The first-order chi connectivity index (χ1) is 11.3. The van der Waals surface area contributed by atoms with E-state index in [0.29, 0.717) is 28.3 Å². The van der Waals surface area contributed by atoms with Gasteiger partial charge in [-0.25, -0.2) is 0 Å². The predicted octanol–water partition coefficient (Wildman–Crippen LogP) is 4.21. The number of nitrogens with one attached hydrogen (secondary N) is 1. The number of ketones is 2. The van der Waals surface area contributed by atoms with Gasteiger partial charge in [0.1, 0.15) is 0 Å². The summed E-state index contributed by atoms with van der Waals surface area (Å²) < 4.78 is 0. The first-order valence-electron chi connectivity index (χ1n) is 8.33. The van der Waals surface area contributed by atoms with E-state index in [2.05, 4.69) is 5.32 Å². The zero-order valence-electron chi connectivity index (χ0n) is 13.0. The summed E-state index contributed by atoms with van der Waals surface area (Å²) in [6.07, 6.45) is 5.99. The van der Waals surface area contributed by atoms with Crippen LogP contribution in [0.4, 0.5) is 5.69 Å². The summed E-state index contributed by atoms with van der Waals surface area (Å²) in [7, 11) is 0. The van der Waals surface area contributed by atoms with Crippen LogP contribution < -0.4 is 5.32 Å². The molecular weight excluding hydrogens is 286 g/mol. The Bertz CT molecular complexity index is 788. The lowest BCUT2D eigenvalue weighted by Gasteiger charge is -2.27. The molecule has 0 unspecified atom stereocenters. The van der Waals surface area contributed by atoms with Gasteiger partial charge in [-0.3, -0.25) is 9.59 Å². The SMILES string of the molecule is O=C1c2ccccc2C(=O)c2c(NC3CCCCC3)cccc21. The van der Waals surface area contributed by atoms with E-state index in [1.165, 1.54) is 19.3 Å². The second-order valence-electron chi connectivity index (χ2n) is 6.41. The quantitative estimate of drug-likeness (QED) is 0.771. The summed E-state index contributed by atoms with van der Waals surface area (Å²) in [5.41, 5.74) is 2.90. The molecule has 1 fully saturated rings. The van der Waals surface area contributed by atoms with Crippen molar-refractivity contribution in [2.45, 2.75) is 38.1 Å². The molecule has 0 atom stereocenters. The number of carbonyl (C=O) groups is 2. The van der Waals surface area contributed by atoms with E-state index in [0.717, 1.165) is 18.5 Å². The predicted molar refractivity (Wildman–Crippen MR) is 90.2 cm³/mol. The van der Waals surface area contributed by atoms with Crippen LogP contribution in [-0.4, -0.2) is 17.6 Å². The number of rotatable bonds is 2. The second kappa shape index (κ2) is 5.65. The molecule has 2 aromatic rings. The molecule has 23 heavy (non-hydrogen) atoms. The fraction of sp³-hybridized carbons (Fsp3) is 0.300. The lowest BCUT2D eigenvalue weighted by Crippen LogP contribution is -2.27. The molecular formula is C20H19NO2. The molecule has 0 aromatic heterocycles. The van der Waals surface area contributed by atoms with Crippen LogP contribution in [0.1, 0.15) is 63.9 Å². The first kappa shape index (κ1) is 14.2. The largest absolute Gasteiger partial charge is 0.382 e. The zero-order chi connectivity index (χ0) is 15.8. The van der Waals surface area contributed by atoms with Gasteiger partial charge in [0.2, 0.25) is 0 Å². The van der Waals surface area contributed by atoms with Gasteiger partial charge in [-0.1, -0.05) is 55.7 Å². The van der Waals surface area contributed by atoms with E-state index >= 15 is 0 Å². The summed E-state index contributed by atoms with van der Waals surface area (Å²) in [6, 6.07) is 13.0. The third kappa shape index (κ3) is 2.37. The fourth-order valence-electron chi connectivity index (χ4n) is 3.73. The number of anilines is 1. The van der Waals surface area contributed by atoms with E-state index in [4.69, 9.17) is 0 Å². The molecule has 0 bridgehead atoms. The minimum absolute atomic E-state index is 0.0471. The van der Waals surface area contributed by atoms with Gasteiger partial charge in [0.25, 0.3) is 0 Å². The normalized spacial score (nSPS) is 17.6. The third-order valence-electron chi connectivity index (χ3n) is 4.92. The average Bonchev–Trinajstić information content (AvgIpc) is 2.60. The Morgan fingerprint density at radius 3 is 2.13 bits per heavy atom. The molecule has 2 aliphatic carbocycles. The van der Waals surface area contributed by atoms with Crippen molar-refractivity contribution in [1.29, 1.82) is 0 Å². The van der Waals surface area contributed by atoms with E-state index in [9.17, 15) is 9.59 Å². The Balaban J connectivity index is 1.77. The molecule has 0 amide bonds. The Kier molecular flexibility index (Phi) is 3.49. The molecule has 4 rings (SSSR count). The summed E-state index contributed by atoms with van der Waals surface area (Å²) in [4.78, 5) is 25.6. The Morgan fingerprint density at radius 1 is 0.739 bits per heavy atom. The van der Waals surface area contributed by atoms with Gasteiger partial charge in [-0.15, -0.1) is 0 Å². The van der Waals surface area contributed by atoms with Crippen molar-refractivity contribution >= 4 is 17.3 Å². The smallest absolute Gasteiger partial charge is 0.196 e.